The maximum absolute atomic E-state index is 12.7. The van der Waals surface area contributed by atoms with Gasteiger partial charge < -0.3 is 9.05 Å². The molecule has 2 amide bonds. The molecule has 0 spiro atoms. The second-order valence-electron chi connectivity index (χ2n) is 5.00. The molecule has 0 saturated heterocycles. The first-order valence-electron chi connectivity index (χ1n) is 7.35. The number of amides is 2. The number of nitrogens with zero attached hydrogens (tertiary/aromatic N) is 1. The SMILES string of the molecule is CCCOP(=O)(CN1C(=O)c2ccccc2C1=O)OCCC. The van der Waals surface area contributed by atoms with Gasteiger partial charge in [0.25, 0.3) is 11.8 Å². The molecule has 1 aromatic carbocycles. The molecule has 22 heavy (non-hydrogen) atoms. The van der Waals surface area contributed by atoms with E-state index in [1.165, 1.54) is 0 Å². The number of hydrogen-bond acceptors (Lipinski definition) is 5. The van der Waals surface area contributed by atoms with Crippen LogP contribution < -0.4 is 0 Å². The van der Waals surface area contributed by atoms with Crippen molar-refractivity contribution in [3.8, 4) is 0 Å². The lowest BCUT2D eigenvalue weighted by Gasteiger charge is -2.22. The van der Waals surface area contributed by atoms with E-state index in [0.29, 0.717) is 24.0 Å². The molecule has 120 valence electrons. The number of hydrogen-bond donors (Lipinski definition) is 0. The Balaban J connectivity index is 2.19. The lowest BCUT2D eigenvalue weighted by molar-refractivity contribution is 0.0660. The van der Waals surface area contributed by atoms with E-state index in [9.17, 15) is 14.2 Å². The van der Waals surface area contributed by atoms with Gasteiger partial charge in [0.2, 0.25) is 0 Å². The third-order valence-corrected chi connectivity index (χ3v) is 4.96. The minimum absolute atomic E-state index is 0.254. The number of fused-ring (bicyclic) bond motifs is 1. The molecular formula is C15H20NO5P. The molecule has 0 aromatic heterocycles. The second kappa shape index (κ2) is 7.18. The topological polar surface area (TPSA) is 72.9 Å². The highest BCUT2D eigenvalue weighted by Crippen LogP contribution is 2.50. The smallest absolute Gasteiger partial charge is 0.307 e. The summed E-state index contributed by atoms with van der Waals surface area (Å²) in [7, 11) is -3.52. The van der Waals surface area contributed by atoms with Crippen molar-refractivity contribution in [3.63, 3.8) is 0 Å². The zero-order valence-electron chi connectivity index (χ0n) is 12.8. The fourth-order valence-corrected chi connectivity index (χ4v) is 3.88. The highest BCUT2D eigenvalue weighted by molar-refractivity contribution is 7.53. The average molecular weight is 325 g/mol. The van der Waals surface area contributed by atoms with Crippen molar-refractivity contribution in [1.82, 2.24) is 4.90 Å². The zero-order chi connectivity index (χ0) is 16.2. The number of benzene rings is 1. The van der Waals surface area contributed by atoms with E-state index in [4.69, 9.17) is 9.05 Å². The summed E-state index contributed by atoms with van der Waals surface area (Å²) in [6, 6.07) is 6.54. The fraction of sp³-hybridized carbons (Fsp3) is 0.467. The molecule has 1 aliphatic rings. The first-order chi connectivity index (χ1) is 10.5. The Morgan fingerprint density at radius 2 is 1.41 bits per heavy atom. The van der Waals surface area contributed by atoms with E-state index in [2.05, 4.69) is 0 Å². The molecule has 0 saturated carbocycles. The Bertz CT molecular complexity index is 569. The summed E-state index contributed by atoms with van der Waals surface area (Å²) in [5.74, 6) is -0.915. The molecule has 0 radical (unpaired) electrons. The van der Waals surface area contributed by atoms with Crippen LogP contribution in [0.2, 0.25) is 0 Å². The van der Waals surface area contributed by atoms with Crippen LogP contribution in [0.25, 0.3) is 0 Å². The summed E-state index contributed by atoms with van der Waals surface area (Å²) in [6.45, 7) is 4.27. The summed E-state index contributed by atoms with van der Waals surface area (Å²) in [6.07, 6.45) is 0.989. The molecule has 1 heterocycles. The van der Waals surface area contributed by atoms with Gasteiger partial charge >= 0.3 is 7.60 Å². The summed E-state index contributed by atoms with van der Waals surface area (Å²) in [5.41, 5.74) is 0.648. The molecule has 0 unspecified atom stereocenters. The molecule has 0 aliphatic carbocycles. The van der Waals surface area contributed by atoms with E-state index < -0.39 is 19.4 Å². The molecular weight excluding hydrogens is 305 g/mol. The first kappa shape index (κ1) is 16.9. The van der Waals surface area contributed by atoms with Crippen LogP contribution in [0.15, 0.2) is 24.3 Å². The zero-order valence-corrected chi connectivity index (χ0v) is 13.7. The monoisotopic (exact) mass is 325 g/mol. The maximum Gasteiger partial charge on any atom is 0.350 e. The second-order valence-corrected chi connectivity index (χ2v) is 7.02. The fourth-order valence-electron chi connectivity index (χ4n) is 2.12. The summed E-state index contributed by atoms with van der Waals surface area (Å²) < 4.78 is 23.4. The first-order valence-corrected chi connectivity index (χ1v) is 9.08. The number of rotatable bonds is 8. The predicted octanol–water partition coefficient (Wildman–Crippen LogP) is 3.29. The lowest BCUT2D eigenvalue weighted by Crippen LogP contribution is -2.31. The van der Waals surface area contributed by atoms with Crippen LogP contribution in [0.5, 0.6) is 0 Å². The van der Waals surface area contributed by atoms with Crippen LogP contribution in [-0.4, -0.2) is 36.2 Å². The standard InChI is InChI=1S/C15H20NO5P/c1-3-9-20-22(19,21-10-4-2)11-16-14(17)12-7-5-6-8-13(12)15(16)18/h5-8H,3-4,9-11H2,1-2H3. The van der Waals surface area contributed by atoms with Crippen LogP contribution in [0.1, 0.15) is 47.4 Å². The Labute approximate surface area is 129 Å². The third-order valence-electron chi connectivity index (χ3n) is 3.18. The van der Waals surface area contributed by atoms with Gasteiger partial charge in [0.15, 0.2) is 0 Å². The Hall–Kier alpha value is -1.49. The molecule has 0 fully saturated rings. The summed E-state index contributed by atoms with van der Waals surface area (Å²) in [5, 5.41) is 0. The van der Waals surface area contributed by atoms with Gasteiger partial charge in [-0.15, -0.1) is 0 Å². The molecule has 7 heteroatoms. The largest absolute Gasteiger partial charge is 0.350 e. The average Bonchev–Trinajstić information content (AvgIpc) is 2.77. The van der Waals surface area contributed by atoms with E-state index in [0.717, 1.165) is 4.90 Å². The normalized spacial score (nSPS) is 14.5. The Morgan fingerprint density at radius 1 is 0.955 bits per heavy atom. The van der Waals surface area contributed by atoms with Gasteiger partial charge in [-0.25, -0.2) is 0 Å². The quantitative estimate of drug-likeness (QED) is 0.542. The molecule has 2 rings (SSSR count). The van der Waals surface area contributed by atoms with Gasteiger partial charge in [-0.05, 0) is 25.0 Å². The minimum atomic E-state index is -3.52. The van der Waals surface area contributed by atoms with Crippen molar-refractivity contribution < 1.29 is 23.2 Å². The van der Waals surface area contributed by atoms with Crippen LogP contribution in [-0.2, 0) is 13.6 Å². The maximum atomic E-state index is 12.7. The van der Waals surface area contributed by atoms with Crippen LogP contribution in [0.4, 0.5) is 0 Å². The van der Waals surface area contributed by atoms with Crippen molar-refractivity contribution >= 4 is 19.4 Å². The number of imide groups is 1. The summed E-state index contributed by atoms with van der Waals surface area (Å²) >= 11 is 0. The van der Waals surface area contributed by atoms with Gasteiger partial charge in [0.05, 0.1) is 24.3 Å². The molecule has 1 aromatic rings. The van der Waals surface area contributed by atoms with Crippen LogP contribution in [0.3, 0.4) is 0 Å². The van der Waals surface area contributed by atoms with Gasteiger partial charge in [0, 0.05) is 0 Å². The Kier molecular flexibility index (Phi) is 5.51. The van der Waals surface area contributed by atoms with E-state index in [1.807, 2.05) is 13.8 Å². The number of carbonyl (C=O) groups excluding carboxylic acids is 2. The van der Waals surface area contributed by atoms with E-state index in [1.54, 1.807) is 24.3 Å². The van der Waals surface area contributed by atoms with E-state index in [-0.39, 0.29) is 19.5 Å². The van der Waals surface area contributed by atoms with Crippen molar-refractivity contribution in [3.05, 3.63) is 35.4 Å². The van der Waals surface area contributed by atoms with Crippen molar-refractivity contribution in [2.45, 2.75) is 26.7 Å². The molecule has 0 N–H and O–H groups in total. The molecule has 0 bridgehead atoms. The highest BCUT2D eigenvalue weighted by Gasteiger charge is 2.40. The van der Waals surface area contributed by atoms with Crippen molar-refractivity contribution in [2.24, 2.45) is 0 Å². The summed E-state index contributed by atoms with van der Waals surface area (Å²) in [4.78, 5) is 25.6. The molecule has 6 nitrogen and oxygen atoms in total. The van der Waals surface area contributed by atoms with Gasteiger partial charge in [-0.3, -0.25) is 19.1 Å². The van der Waals surface area contributed by atoms with Gasteiger partial charge in [-0.1, -0.05) is 26.0 Å². The van der Waals surface area contributed by atoms with Gasteiger partial charge in [0.1, 0.15) is 6.29 Å². The lowest BCUT2D eigenvalue weighted by atomic mass is 10.1. The van der Waals surface area contributed by atoms with Crippen molar-refractivity contribution in [2.75, 3.05) is 19.5 Å². The van der Waals surface area contributed by atoms with Gasteiger partial charge in [-0.2, -0.15) is 0 Å². The third kappa shape index (κ3) is 3.46. The van der Waals surface area contributed by atoms with Crippen molar-refractivity contribution in [1.29, 1.82) is 0 Å². The van der Waals surface area contributed by atoms with Crippen LogP contribution >= 0.6 is 7.60 Å². The number of carbonyl (C=O) groups is 2. The molecule has 1 aliphatic heterocycles. The highest BCUT2D eigenvalue weighted by atomic mass is 31.2. The molecule has 0 atom stereocenters. The predicted molar refractivity (Wildman–Crippen MR) is 81.9 cm³/mol. The Morgan fingerprint density at radius 3 is 1.82 bits per heavy atom. The van der Waals surface area contributed by atoms with Crippen LogP contribution in [0, 0.1) is 0 Å². The minimum Gasteiger partial charge on any atom is -0.307 e. The van der Waals surface area contributed by atoms with E-state index >= 15 is 0 Å².